The van der Waals surface area contributed by atoms with Crippen LogP contribution in [0.25, 0.3) is 0 Å². The number of aliphatic hydroxyl groups excluding tert-OH is 1. The molecule has 3 amide bonds. The van der Waals surface area contributed by atoms with E-state index in [1.165, 1.54) is 30.7 Å². The summed E-state index contributed by atoms with van der Waals surface area (Å²) >= 11 is 0. The van der Waals surface area contributed by atoms with E-state index in [4.69, 9.17) is 10.5 Å². The first-order valence-electron chi connectivity index (χ1n) is 11.6. The lowest BCUT2D eigenvalue weighted by atomic mass is 9.95. The predicted molar refractivity (Wildman–Crippen MR) is 127 cm³/mol. The summed E-state index contributed by atoms with van der Waals surface area (Å²) in [5.74, 6) is -1.40. The molecule has 0 unspecified atom stereocenters. The van der Waals surface area contributed by atoms with E-state index in [1.54, 1.807) is 7.05 Å². The van der Waals surface area contributed by atoms with Gasteiger partial charge in [0.1, 0.15) is 12.1 Å². The molecule has 0 aliphatic carbocycles. The van der Waals surface area contributed by atoms with Crippen molar-refractivity contribution in [3.05, 3.63) is 0 Å². The van der Waals surface area contributed by atoms with Crippen LogP contribution in [0.15, 0.2) is 0 Å². The topological polar surface area (TPSA) is 145 Å². The second-order valence-corrected chi connectivity index (χ2v) is 10.1. The van der Waals surface area contributed by atoms with Gasteiger partial charge in [-0.15, -0.1) is 0 Å². The van der Waals surface area contributed by atoms with Gasteiger partial charge in [0.15, 0.2) is 0 Å². The molecular formula is C23H46N4O6. The van der Waals surface area contributed by atoms with Crippen LogP contribution in [-0.4, -0.2) is 102 Å². The van der Waals surface area contributed by atoms with Crippen LogP contribution in [-0.2, 0) is 19.1 Å². The van der Waals surface area contributed by atoms with Gasteiger partial charge in [-0.2, -0.15) is 0 Å². The van der Waals surface area contributed by atoms with Gasteiger partial charge in [-0.3, -0.25) is 14.4 Å². The predicted octanol–water partition coefficient (Wildman–Crippen LogP) is 0.102. The number of likely N-dealkylation sites (N-methyl/N-ethyl adjacent to an activating group) is 2. The molecule has 0 fully saturated rings. The summed E-state index contributed by atoms with van der Waals surface area (Å²) in [6.07, 6.45) is 1.59. The van der Waals surface area contributed by atoms with Gasteiger partial charge in [-0.05, 0) is 33.2 Å². The molecule has 0 aliphatic heterocycles. The minimum atomic E-state index is -1.21. The zero-order valence-electron chi connectivity index (χ0n) is 21.5. The largest absolute Gasteiger partial charge is 0.396 e. The normalized spacial score (nSPS) is 14.0. The smallest absolute Gasteiger partial charge is 0.248 e. The number of primary amides is 1. The lowest BCUT2D eigenvalue weighted by Gasteiger charge is -2.35. The van der Waals surface area contributed by atoms with Gasteiger partial charge >= 0.3 is 0 Å². The molecule has 0 saturated heterocycles. The van der Waals surface area contributed by atoms with Crippen molar-refractivity contribution in [2.24, 2.45) is 11.1 Å². The highest BCUT2D eigenvalue weighted by molar-refractivity contribution is 5.91. The average Bonchev–Trinajstić information content (AvgIpc) is 2.72. The summed E-state index contributed by atoms with van der Waals surface area (Å²) in [6.45, 7) is 10.7. The number of carbonyl (C=O) groups excluding carboxylic acids is 3. The van der Waals surface area contributed by atoms with E-state index in [1.807, 2.05) is 20.8 Å². The fraction of sp³-hybridized carbons (Fsp3) is 0.870. The molecule has 0 bridgehead atoms. The Bertz CT molecular complexity index is 621. The molecule has 33 heavy (non-hydrogen) atoms. The Morgan fingerprint density at radius 2 is 1.70 bits per heavy atom. The van der Waals surface area contributed by atoms with Crippen molar-refractivity contribution in [2.75, 3.05) is 47.0 Å². The molecule has 0 radical (unpaired) electrons. The van der Waals surface area contributed by atoms with Gasteiger partial charge < -0.3 is 35.8 Å². The number of amides is 3. The van der Waals surface area contributed by atoms with E-state index in [0.29, 0.717) is 32.5 Å². The molecule has 0 aromatic heterocycles. The Morgan fingerprint density at radius 3 is 2.18 bits per heavy atom. The molecule has 0 spiro atoms. The average molecular weight is 475 g/mol. The van der Waals surface area contributed by atoms with Crippen molar-refractivity contribution in [2.45, 2.75) is 78.0 Å². The summed E-state index contributed by atoms with van der Waals surface area (Å²) in [7, 11) is 2.99. The van der Waals surface area contributed by atoms with E-state index in [0.717, 1.165) is 0 Å². The van der Waals surface area contributed by atoms with Crippen LogP contribution in [0.5, 0.6) is 0 Å². The number of rotatable bonds is 17. The van der Waals surface area contributed by atoms with Crippen LogP contribution in [0.3, 0.4) is 0 Å². The van der Waals surface area contributed by atoms with Gasteiger partial charge in [0.2, 0.25) is 17.7 Å². The first kappa shape index (κ1) is 31.2. The highest BCUT2D eigenvalue weighted by atomic mass is 16.5. The number of hydrogen-bond donors (Lipinski definition) is 4. The second kappa shape index (κ2) is 14.5. The highest BCUT2D eigenvalue weighted by Crippen LogP contribution is 2.17. The minimum absolute atomic E-state index is 0.0226. The molecule has 194 valence electrons. The number of aliphatic hydroxyl groups is 2. The molecule has 0 rings (SSSR count). The molecule has 0 aromatic rings. The van der Waals surface area contributed by atoms with Crippen LogP contribution in [0, 0.1) is 5.41 Å². The van der Waals surface area contributed by atoms with Crippen molar-refractivity contribution in [1.29, 1.82) is 0 Å². The summed E-state index contributed by atoms with van der Waals surface area (Å²) in [5, 5.41) is 22.7. The SMILES string of the molecule is CCCC(=O)N(C)[C@H](COCCCNCC(C)(C)CO)C(=O)N(C)[C@@H](CC(C)(C)O)C(N)=O. The maximum absolute atomic E-state index is 13.3. The third-order valence-corrected chi connectivity index (χ3v) is 5.40. The molecular weight excluding hydrogens is 428 g/mol. The van der Waals surface area contributed by atoms with Gasteiger partial charge in [0.25, 0.3) is 0 Å². The van der Waals surface area contributed by atoms with Gasteiger partial charge in [0, 0.05) is 52.1 Å². The number of ether oxygens (including phenoxy) is 1. The number of hydrogen-bond acceptors (Lipinski definition) is 7. The first-order chi connectivity index (χ1) is 15.2. The van der Waals surface area contributed by atoms with Gasteiger partial charge in [-0.1, -0.05) is 20.8 Å². The summed E-state index contributed by atoms with van der Waals surface area (Å²) in [5.41, 5.74) is 4.09. The monoisotopic (exact) mass is 474 g/mol. The Morgan fingerprint density at radius 1 is 1.09 bits per heavy atom. The Balaban J connectivity index is 5.14. The van der Waals surface area contributed by atoms with Gasteiger partial charge in [-0.25, -0.2) is 0 Å². The van der Waals surface area contributed by atoms with E-state index in [9.17, 15) is 24.6 Å². The van der Waals surface area contributed by atoms with E-state index in [2.05, 4.69) is 5.32 Å². The van der Waals surface area contributed by atoms with Gasteiger partial charge in [0.05, 0.1) is 12.2 Å². The molecule has 0 aromatic carbocycles. The highest BCUT2D eigenvalue weighted by Gasteiger charge is 2.36. The first-order valence-corrected chi connectivity index (χ1v) is 11.6. The number of nitrogens with zero attached hydrogens (tertiary/aromatic N) is 2. The quantitative estimate of drug-likeness (QED) is 0.219. The summed E-state index contributed by atoms with van der Waals surface area (Å²) in [6, 6.07) is -1.94. The molecule has 2 atom stereocenters. The van der Waals surface area contributed by atoms with Crippen LogP contribution >= 0.6 is 0 Å². The lowest BCUT2D eigenvalue weighted by Crippen LogP contribution is -2.56. The number of nitrogens with one attached hydrogen (secondary N) is 1. The minimum Gasteiger partial charge on any atom is -0.396 e. The molecule has 10 nitrogen and oxygen atoms in total. The van der Waals surface area contributed by atoms with E-state index < -0.39 is 29.5 Å². The van der Waals surface area contributed by atoms with Crippen LogP contribution in [0.4, 0.5) is 0 Å². The Labute approximate surface area is 198 Å². The Hall–Kier alpha value is -1.75. The van der Waals surface area contributed by atoms with E-state index in [-0.39, 0.29) is 37.4 Å². The fourth-order valence-electron chi connectivity index (χ4n) is 3.18. The summed E-state index contributed by atoms with van der Waals surface area (Å²) in [4.78, 5) is 40.3. The van der Waals surface area contributed by atoms with Crippen molar-refractivity contribution < 1.29 is 29.3 Å². The molecule has 10 heteroatoms. The number of nitrogens with two attached hydrogens (primary N) is 1. The zero-order chi connectivity index (χ0) is 25.8. The van der Waals surface area contributed by atoms with Crippen molar-refractivity contribution in [3.8, 4) is 0 Å². The molecule has 5 N–H and O–H groups in total. The van der Waals surface area contributed by atoms with Crippen molar-refractivity contribution in [1.82, 2.24) is 15.1 Å². The maximum atomic E-state index is 13.3. The maximum Gasteiger partial charge on any atom is 0.248 e. The van der Waals surface area contributed by atoms with E-state index >= 15 is 0 Å². The van der Waals surface area contributed by atoms with Crippen LogP contribution < -0.4 is 11.1 Å². The fourth-order valence-corrected chi connectivity index (χ4v) is 3.18. The molecule has 0 saturated carbocycles. The lowest BCUT2D eigenvalue weighted by molar-refractivity contribution is -0.150. The zero-order valence-corrected chi connectivity index (χ0v) is 21.5. The third-order valence-electron chi connectivity index (χ3n) is 5.40. The molecule has 0 aliphatic rings. The second-order valence-electron chi connectivity index (χ2n) is 10.1. The van der Waals surface area contributed by atoms with Crippen molar-refractivity contribution >= 4 is 17.7 Å². The van der Waals surface area contributed by atoms with Crippen LogP contribution in [0.1, 0.15) is 60.3 Å². The Kier molecular flexibility index (Phi) is 13.7. The van der Waals surface area contributed by atoms with Crippen molar-refractivity contribution in [3.63, 3.8) is 0 Å². The third kappa shape index (κ3) is 12.3. The standard InChI is InChI=1S/C23H46N4O6/c1-8-10-19(29)26(6)18(14-33-12-9-11-25-15-22(2,3)16-28)21(31)27(7)17(20(24)30)13-23(4,5)32/h17-18,25,28,32H,8-16H2,1-7H3,(H2,24,30)/t17-,18+/m0/s1. The summed E-state index contributed by atoms with van der Waals surface area (Å²) < 4.78 is 5.72. The molecule has 0 heterocycles. The van der Waals surface area contributed by atoms with Crippen LogP contribution in [0.2, 0.25) is 0 Å². The number of carbonyl (C=O) groups is 3.